The molecule has 0 spiro atoms. The van der Waals surface area contributed by atoms with Gasteiger partial charge in [-0.3, -0.25) is 10.1 Å². The first-order valence-electron chi connectivity index (χ1n) is 4.16. The topological polar surface area (TPSA) is 79.8 Å². The molecule has 1 aromatic heterocycles. The highest BCUT2D eigenvalue weighted by atomic mass is 16.6. The number of non-ortho nitro benzene ring substituents is 1. The van der Waals surface area contributed by atoms with E-state index in [0.717, 1.165) is 5.39 Å². The number of hydrogen-bond acceptors (Lipinski definition) is 4. The molecular weight excluding hydrogens is 194 g/mol. The van der Waals surface area contributed by atoms with Gasteiger partial charge in [-0.2, -0.15) is 5.26 Å². The molecule has 72 valence electrons. The summed E-state index contributed by atoms with van der Waals surface area (Å²) in [6.07, 6.45) is 0. The Morgan fingerprint density at radius 1 is 1.33 bits per heavy atom. The van der Waals surface area contributed by atoms with E-state index in [1.54, 1.807) is 18.2 Å². The van der Waals surface area contributed by atoms with Crippen LogP contribution in [0.3, 0.4) is 0 Å². The lowest BCUT2D eigenvalue weighted by atomic mass is 10.2. The van der Waals surface area contributed by atoms with Gasteiger partial charge >= 0.3 is 0 Å². The fourth-order valence-electron chi connectivity index (χ4n) is 1.28. The molecule has 0 radical (unpaired) electrons. The predicted octanol–water partition coefficient (Wildman–Crippen LogP) is 2.01. The third kappa shape index (κ3) is 1.60. The van der Waals surface area contributed by atoms with Gasteiger partial charge in [0.1, 0.15) is 11.8 Å². The van der Waals surface area contributed by atoms with Crippen LogP contribution >= 0.6 is 0 Å². The molecule has 0 bridgehead atoms. The average Bonchev–Trinajstić information content (AvgIpc) is 2.27. The zero-order chi connectivity index (χ0) is 10.8. The van der Waals surface area contributed by atoms with Crippen molar-refractivity contribution in [2.24, 2.45) is 0 Å². The first kappa shape index (κ1) is 9.09. The molecule has 2 rings (SSSR count). The summed E-state index contributed by atoms with van der Waals surface area (Å²) in [5.41, 5.74) is 0.691. The Hall–Kier alpha value is -2.48. The lowest BCUT2D eigenvalue weighted by molar-refractivity contribution is -0.384. The van der Waals surface area contributed by atoms with Crippen LogP contribution in [0, 0.1) is 21.4 Å². The van der Waals surface area contributed by atoms with Crippen LogP contribution in [-0.4, -0.2) is 9.91 Å². The number of hydrogen-bond donors (Lipinski definition) is 0. The van der Waals surface area contributed by atoms with Crippen LogP contribution < -0.4 is 0 Å². The van der Waals surface area contributed by atoms with Gasteiger partial charge in [-0.25, -0.2) is 4.98 Å². The molecule has 0 saturated heterocycles. The minimum absolute atomic E-state index is 0.0231. The number of nitro benzene ring substituents is 1. The number of nitrogens with zero attached hydrogens (tertiary/aromatic N) is 3. The van der Waals surface area contributed by atoms with Crippen molar-refractivity contribution in [3.63, 3.8) is 0 Å². The molecule has 15 heavy (non-hydrogen) atoms. The van der Waals surface area contributed by atoms with E-state index >= 15 is 0 Å². The maximum atomic E-state index is 10.5. The average molecular weight is 199 g/mol. The van der Waals surface area contributed by atoms with Gasteiger partial charge in [0.05, 0.1) is 10.4 Å². The number of pyridine rings is 1. The van der Waals surface area contributed by atoms with E-state index in [1.165, 1.54) is 12.1 Å². The van der Waals surface area contributed by atoms with Crippen LogP contribution in [0.25, 0.3) is 10.9 Å². The fraction of sp³-hybridized carbons (Fsp3) is 0. The van der Waals surface area contributed by atoms with E-state index in [-0.39, 0.29) is 11.4 Å². The Bertz CT molecular complexity index is 587. The van der Waals surface area contributed by atoms with Gasteiger partial charge in [0.25, 0.3) is 5.69 Å². The van der Waals surface area contributed by atoms with Gasteiger partial charge in [0.2, 0.25) is 0 Å². The number of aromatic nitrogens is 1. The summed E-state index contributed by atoms with van der Waals surface area (Å²) in [4.78, 5) is 14.0. The first-order valence-corrected chi connectivity index (χ1v) is 4.16. The molecule has 0 aliphatic carbocycles. The fourth-order valence-corrected chi connectivity index (χ4v) is 1.28. The van der Waals surface area contributed by atoms with Gasteiger partial charge in [-0.1, -0.05) is 0 Å². The molecule has 0 N–H and O–H groups in total. The molecule has 1 aromatic carbocycles. The Morgan fingerprint density at radius 3 is 2.73 bits per heavy atom. The molecule has 5 heteroatoms. The number of fused-ring (bicyclic) bond motifs is 1. The Labute approximate surface area is 84.7 Å². The number of nitro groups is 1. The standard InChI is InChI=1S/C10H5N3O2/c11-6-8-3-1-7-2-4-9(13(14)15)5-10(7)12-8/h1-5H. The highest BCUT2D eigenvalue weighted by molar-refractivity contribution is 5.81. The van der Waals surface area contributed by atoms with Crippen molar-refractivity contribution < 1.29 is 4.92 Å². The van der Waals surface area contributed by atoms with E-state index in [2.05, 4.69) is 4.98 Å². The number of nitriles is 1. The van der Waals surface area contributed by atoms with Crippen LogP contribution in [0.15, 0.2) is 30.3 Å². The minimum Gasteiger partial charge on any atom is -0.258 e. The molecule has 0 unspecified atom stereocenters. The van der Waals surface area contributed by atoms with Gasteiger partial charge in [0.15, 0.2) is 0 Å². The zero-order valence-corrected chi connectivity index (χ0v) is 7.54. The van der Waals surface area contributed by atoms with Crippen LogP contribution in [0.1, 0.15) is 5.69 Å². The molecule has 1 heterocycles. The summed E-state index contributed by atoms with van der Waals surface area (Å²) in [6, 6.07) is 9.56. The summed E-state index contributed by atoms with van der Waals surface area (Å²) in [5, 5.41) is 19.9. The maximum absolute atomic E-state index is 10.5. The number of benzene rings is 1. The lowest BCUT2D eigenvalue weighted by Crippen LogP contribution is -1.89. The highest BCUT2D eigenvalue weighted by Gasteiger charge is 2.06. The molecule has 2 aromatic rings. The molecule has 0 saturated carbocycles. The summed E-state index contributed by atoms with van der Waals surface area (Å²) >= 11 is 0. The van der Waals surface area contributed by atoms with E-state index in [9.17, 15) is 10.1 Å². The number of rotatable bonds is 1. The summed E-state index contributed by atoms with van der Waals surface area (Å²) in [6.45, 7) is 0. The molecule has 5 nitrogen and oxygen atoms in total. The van der Waals surface area contributed by atoms with Crippen LogP contribution in [0.5, 0.6) is 0 Å². The normalized spacial score (nSPS) is 9.80. The smallest absolute Gasteiger partial charge is 0.258 e. The quantitative estimate of drug-likeness (QED) is 0.519. The monoisotopic (exact) mass is 199 g/mol. The van der Waals surface area contributed by atoms with Gasteiger partial charge in [-0.05, 0) is 18.2 Å². The Balaban J connectivity index is 2.69. The minimum atomic E-state index is -0.486. The summed E-state index contributed by atoms with van der Waals surface area (Å²) < 4.78 is 0. The second-order valence-corrected chi connectivity index (χ2v) is 2.94. The Kier molecular flexibility index (Phi) is 2.03. The van der Waals surface area contributed by atoms with Crippen molar-refractivity contribution in [1.29, 1.82) is 5.26 Å². The Morgan fingerprint density at radius 2 is 2.07 bits per heavy atom. The molecular formula is C10H5N3O2. The van der Waals surface area contributed by atoms with Gasteiger partial charge in [0, 0.05) is 17.5 Å². The second-order valence-electron chi connectivity index (χ2n) is 2.94. The van der Waals surface area contributed by atoms with Gasteiger partial charge < -0.3 is 0 Å². The van der Waals surface area contributed by atoms with E-state index in [1.807, 2.05) is 6.07 Å². The van der Waals surface area contributed by atoms with Crippen LogP contribution in [-0.2, 0) is 0 Å². The third-order valence-electron chi connectivity index (χ3n) is 2.00. The van der Waals surface area contributed by atoms with Crippen molar-refractivity contribution in [3.05, 3.63) is 46.1 Å². The first-order chi connectivity index (χ1) is 7.20. The molecule has 0 amide bonds. The SMILES string of the molecule is N#Cc1ccc2ccc([N+](=O)[O-])cc2n1. The van der Waals surface area contributed by atoms with E-state index in [4.69, 9.17) is 5.26 Å². The van der Waals surface area contributed by atoms with E-state index in [0.29, 0.717) is 5.52 Å². The zero-order valence-electron chi connectivity index (χ0n) is 7.54. The molecule has 0 atom stereocenters. The van der Waals surface area contributed by atoms with Crippen LogP contribution in [0.2, 0.25) is 0 Å². The van der Waals surface area contributed by atoms with Crippen molar-refractivity contribution in [1.82, 2.24) is 4.98 Å². The highest BCUT2D eigenvalue weighted by Crippen LogP contribution is 2.19. The molecule has 0 aliphatic heterocycles. The lowest BCUT2D eigenvalue weighted by Gasteiger charge is -1.96. The maximum Gasteiger partial charge on any atom is 0.271 e. The molecule has 0 aliphatic rings. The summed E-state index contributed by atoms with van der Waals surface area (Å²) in [7, 11) is 0. The second kappa shape index (κ2) is 3.35. The van der Waals surface area contributed by atoms with Crippen molar-refractivity contribution in [2.45, 2.75) is 0 Å². The van der Waals surface area contributed by atoms with Crippen molar-refractivity contribution >= 4 is 16.6 Å². The van der Waals surface area contributed by atoms with E-state index < -0.39 is 4.92 Å². The largest absolute Gasteiger partial charge is 0.271 e. The molecule has 0 fully saturated rings. The van der Waals surface area contributed by atoms with Gasteiger partial charge in [-0.15, -0.1) is 0 Å². The van der Waals surface area contributed by atoms with Crippen LogP contribution in [0.4, 0.5) is 5.69 Å². The predicted molar refractivity (Wildman–Crippen MR) is 53.1 cm³/mol. The van der Waals surface area contributed by atoms with Crippen molar-refractivity contribution in [3.8, 4) is 6.07 Å². The third-order valence-corrected chi connectivity index (χ3v) is 2.00. The summed E-state index contributed by atoms with van der Waals surface area (Å²) in [5.74, 6) is 0. The van der Waals surface area contributed by atoms with Crippen molar-refractivity contribution in [2.75, 3.05) is 0 Å².